The van der Waals surface area contributed by atoms with Crippen LogP contribution in [0.25, 0.3) is 5.69 Å². The van der Waals surface area contributed by atoms with Gasteiger partial charge in [-0.25, -0.2) is 9.48 Å². The predicted octanol–water partition coefficient (Wildman–Crippen LogP) is 1.88. The number of benzene rings is 1. The third kappa shape index (κ3) is 3.76. The van der Waals surface area contributed by atoms with E-state index in [2.05, 4.69) is 5.10 Å². The minimum Gasteiger partial charge on any atom is -0.477 e. The zero-order valence-corrected chi connectivity index (χ0v) is 16.6. The maximum absolute atomic E-state index is 12.8. The lowest BCUT2D eigenvalue weighted by Gasteiger charge is -2.29. The van der Waals surface area contributed by atoms with Gasteiger partial charge in [0.05, 0.1) is 11.9 Å². The highest BCUT2D eigenvalue weighted by molar-refractivity contribution is 5.89. The fourth-order valence-electron chi connectivity index (χ4n) is 3.83. The minimum atomic E-state index is -1.22. The minimum absolute atomic E-state index is 0.0661. The third-order valence-electron chi connectivity index (χ3n) is 5.43. The number of aromatic carboxylic acids is 1. The van der Waals surface area contributed by atoms with Gasteiger partial charge in [-0.3, -0.25) is 9.59 Å². The van der Waals surface area contributed by atoms with E-state index in [0.717, 1.165) is 11.3 Å². The number of carbonyl (C=O) groups is 2. The largest absolute Gasteiger partial charge is 0.477 e. The second-order valence-corrected chi connectivity index (χ2v) is 7.38. The van der Waals surface area contributed by atoms with Gasteiger partial charge >= 0.3 is 5.97 Å². The van der Waals surface area contributed by atoms with Crippen LogP contribution in [0.15, 0.2) is 53.7 Å². The third-order valence-corrected chi connectivity index (χ3v) is 5.43. The Bertz CT molecular complexity index is 1160. The molecule has 8 nitrogen and oxygen atoms in total. The quantitative estimate of drug-likeness (QED) is 0.698. The molecule has 0 spiro atoms. The maximum atomic E-state index is 12.8. The van der Waals surface area contributed by atoms with Crippen LogP contribution >= 0.6 is 0 Å². The van der Waals surface area contributed by atoms with Crippen LogP contribution in [0.5, 0.6) is 0 Å². The van der Waals surface area contributed by atoms with Crippen LogP contribution in [0, 0.1) is 0 Å². The molecule has 0 bridgehead atoms. The molecule has 4 rings (SSSR count). The van der Waals surface area contributed by atoms with Crippen molar-refractivity contribution in [1.82, 2.24) is 19.2 Å². The van der Waals surface area contributed by atoms with Gasteiger partial charge in [-0.2, -0.15) is 5.10 Å². The summed E-state index contributed by atoms with van der Waals surface area (Å²) in [5.74, 6) is -1.29. The van der Waals surface area contributed by atoms with Gasteiger partial charge in [-0.1, -0.05) is 18.2 Å². The molecular formula is C22H22N4O4. The topological polar surface area (TPSA) is 97.4 Å². The summed E-state index contributed by atoms with van der Waals surface area (Å²) < 4.78 is 3.20. The Balaban J connectivity index is 1.60. The van der Waals surface area contributed by atoms with Crippen molar-refractivity contribution in [2.45, 2.75) is 32.9 Å². The van der Waals surface area contributed by atoms with Crippen LogP contribution in [0.4, 0.5) is 0 Å². The molecule has 0 saturated carbocycles. The highest BCUT2D eigenvalue weighted by atomic mass is 16.4. The Kier molecular flexibility index (Phi) is 5.22. The number of fused-ring (bicyclic) bond motifs is 1. The number of pyridine rings is 1. The van der Waals surface area contributed by atoms with E-state index >= 15 is 0 Å². The number of carboxylic acids is 1. The number of para-hydroxylation sites is 1. The van der Waals surface area contributed by atoms with Crippen molar-refractivity contribution >= 4 is 11.9 Å². The molecule has 1 aliphatic heterocycles. The Morgan fingerprint density at radius 1 is 1.17 bits per heavy atom. The molecule has 154 valence electrons. The van der Waals surface area contributed by atoms with Crippen LogP contribution in [0.3, 0.4) is 0 Å². The summed E-state index contributed by atoms with van der Waals surface area (Å²) in [6.07, 6.45) is 6.23. The Labute approximate surface area is 173 Å². The number of hydrogen-bond donors (Lipinski definition) is 1. The zero-order valence-electron chi connectivity index (χ0n) is 16.6. The molecule has 3 heterocycles. The lowest BCUT2D eigenvalue weighted by atomic mass is 9.96. The molecule has 1 aliphatic rings. The van der Waals surface area contributed by atoms with Crippen molar-refractivity contribution in [3.8, 4) is 5.69 Å². The summed E-state index contributed by atoms with van der Waals surface area (Å²) in [5, 5.41) is 14.0. The monoisotopic (exact) mass is 406 g/mol. The summed E-state index contributed by atoms with van der Waals surface area (Å²) in [7, 11) is 0. The average molecular weight is 406 g/mol. The number of nitrogens with zero attached hydrogens (tertiary/aromatic N) is 4. The van der Waals surface area contributed by atoms with E-state index in [1.54, 1.807) is 22.0 Å². The van der Waals surface area contributed by atoms with Gasteiger partial charge < -0.3 is 14.6 Å². The number of hydrogen-bond acceptors (Lipinski definition) is 4. The summed E-state index contributed by atoms with van der Waals surface area (Å²) in [6.45, 7) is 2.55. The Morgan fingerprint density at radius 2 is 1.93 bits per heavy atom. The molecule has 1 amide bonds. The summed E-state index contributed by atoms with van der Waals surface area (Å²) in [6, 6.07) is 9.70. The molecule has 30 heavy (non-hydrogen) atoms. The lowest BCUT2D eigenvalue weighted by Crippen LogP contribution is -2.38. The highest BCUT2D eigenvalue weighted by Crippen LogP contribution is 2.21. The first-order valence-corrected chi connectivity index (χ1v) is 9.77. The number of carboxylic acid groups (broad SMARTS) is 1. The van der Waals surface area contributed by atoms with Gasteiger partial charge in [0.15, 0.2) is 0 Å². The van der Waals surface area contributed by atoms with Crippen LogP contribution in [-0.4, -0.2) is 42.8 Å². The molecule has 0 saturated heterocycles. The molecule has 1 aromatic carbocycles. The molecule has 3 aromatic rings. The fourth-order valence-corrected chi connectivity index (χ4v) is 3.83. The van der Waals surface area contributed by atoms with Crippen LogP contribution in [0.2, 0.25) is 0 Å². The number of aromatic nitrogens is 3. The van der Waals surface area contributed by atoms with Crippen LogP contribution < -0.4 is 5.56 Å². The average Bonchev–Trinajstić information content (AvgIpc) is 3.21. The fraction of sp³-hybridized carbons (Fsp3) is 0.273. The van der Waals surface area contributed by atoms with E-state index in [-0.39, 0.29) is 11.5 Å². The molecule has 0 unspecified atom stereocenters. The normalized spacial score (nSPS) is 13.2. The van der Waals surface area contributed by atoms with Crippen LogP contribution in [0.1, 0.15) is 34.0 Å². The van der Waals surface area contributed by atoms with Gasteiger partial charge in [0, 0.05) is 39.0 Å². The Morgan fingerprint density at radius 3 is 2.63 bits per heavy atom. The van der Waals surface area contributed by atoms with Gasteiger partial charge in [0.25, 0.3) is 5.56 Å². The molecule has 0 aliphatic carbocycles. The number of amides is 1. The maximum Gasteiger partial charge on any atom is 0.341 e. The first kappa shape index (κ1) is 19.6. The van der Waals surface area contributed by atoms with Crippen molar-refractivity contribution in [2.24, 2.45) is 0 Å². The number of aryl methyl sites for hydroxylation is 2. The SMILES string of the molecule is CC(=O)N1CCc2c(cn(CCc3cnn(-c4ccccc4)c3)c(=O)c2C(=O)O)C1. The smallest absolute Gasteiger partial charge is 0.341 e. The van der Waals surface area contributed by atoms with Gasteiger partial charge in [-0.05, 0) is 41.7 Å². The van der Waals surface area contributed by atoms with E-state index in [4.69, 9.17) is 0 Å². The summed E-state index contributed by atoms with van der Waals surface area (Å²) in [5.41, 5.74) is 2.44. The van der Waals surface area contributed by atoms with Crippen molar-refractivity contribution in [3.63, 3.8) is 0 Å². The van der Waals surface area contributed by atoms with E-state index in [1.807, 2.05) is 36.5 Å². The molecule has 0 fully saturated rings. The molecule has 0 atom stereocenters. The van der Waals surface area contributed by atoms with E-state index in [9.17, 15) is 19.5 Å². The van der Waals surface area contributed by atoms with Crippen molar-refractivity contribution < 1.29 is 14.7 Å². The zero-order chi connectivity index (χ0) is 21.3. The molecule has 2 aromatic heterocycles. The summed E-state index contributed by atoms with van der Waals surface area (Å²) in [4.78, 5) is 38.0. The first-order chi connectivity index (χ1) is 14.4. The molecule has 1 N–H and O–H groups in total. The standard InChI is InChI=1S/C22H22N4O4/c1-15(27)24-10-8-19-17(13-24)14-25(21(28)20(19)22(29)30)9-7-16-11-23-26(12-16)18-5-3-2-4-6-18/h2-6,11-12,14H,7-10,13H2,1H3,(H,29,30). The van der Waals surface area contributed by atoms with Gasteiger partial charge in [0.1, 0.15) is 5.56 Å². The second kappa shape index (κ2) is 7.98. The van der Waals surface area contributed by atoms with Crippen LogP contribution in [-0.2, 0) is 30.7 Å². The highest BCUT2D eigenvalue weighted by Gasteiger charge is 2.26. The lowest BCUT2D eigenvalue weighted by molar-refractivity contribution is -0.129. The molecule has 0 radical (unpaired) electrons. The second-order valence-electron chi connectivity index (χ2n) is 7.38. The predicted molar refractivity (Wildman–Crippen MR) is 110 cm³/mol. The Hall–Kier alpha value is -3.68. The molecule has 8 heteroatoms. The first-order valence-electron chi connectivity index (χ1n) is 9.77. The number of carbonyl (C=O) groups excluding carboxylic acids is 1. The van der Waals surface area contributed by atoms with Crippen molar-refractivity contribution in [2.75, 3.05) is 6.54 Å². The molecular weight excluding hydrogens is 384 g/mol. The van der Waals surface area contributed by atoms with Crippen molar-refractivity contribution in [1.29, 1.82) is 0 Å². The summed E-state index contributed by atoms with van der Waals surface area (Å²) >= 11 is 0. The van der Waals surface area contributed by atoms with Crippen molar-refractivity contribution in [3.05, 3.63) is 81.5 Å². The van der Waals surface area contributed by atoms with E-state index in [0.29, 0.717) is 43.6 Å². The van der Waals surface area contributed by atoms with E-state index in [1.165, 1.54) is 11.5 Å². The number of rotatable bonds is 5. The van der Waals surface area contributed by atoms with Gasteiger partial charge in [0.2, 0.25) is 5.91 Å². The van der Waals surface area contributed by atoms with Gasteiger partial charge in [-0.15, -0.1) is 0 Å². The van der Waals surface area contributed by atoms with E-state index < -0.39 is 11.5 Å².